The third-order valence-electron chi connectivity index (χ3n) is 6.15. The third kappa shape index (κ3) is 5.27. The predicted octanol–water partition coefficient (Wildman–Crippen LogP) is 3.70. The predicted molar refractivity (Wildman–Crippen MR) is 130 cm³/mol. The maximum atomic E-state index is 12.7. The molecule has 3 N–H and O–H groups in total. The van der Waals surface area contributed by atoms with Crippen molar-refractivity contribution >= 4 is 28.6 Å². The Morgan fingerprint density at radius 3 is 2.61 bits per heavy atom. The molecule has 1 aliphatic rings. The van der Waals surface area contributed by atoms with E-state index in [2.05, 4.69) is 10.6 Å². The molecule has 1 fully saturated rings. The van der Waals surface area contributed by atoms with E-state index in [-0.39, 0.29) is 23.6 Å². The molecule has 4 rings (SSSR count). The summed E-state index contributed by atoms with van der Waals surface area (Å²) in [6, 6.07) is 13.4. The highest BCUT2D eigenvalue weighted by molar-refractivity contribution is 5.90. The number of carbonyl (C=O) groups is 1. The molecule has 1 amide bonds. The molecule has 174 valence electrons. The standard InChI is InChI=1S/C25H31N5O3/c1-30(2)23-19-6-4-5-7-20(19)28-25(29-23)27-18-11-9-17(10-12-18)24(32)26-15-16-8-13-21(31)22(14-16)33-3/h4-8,13-14,17-18,31H,9-12,15H2,1-3H3,(H,26,32)(H,27,28,29)/t17-,18+. The summed E-state index contributed by atoms with van der Waals surface area (Å²) in [4.78, 5) is 24.1. The minimum atomic E-state index is -0.00285. The Morgan fingerprint density at radius 1 is 1.12 bits per heavy atom. The molecule has 1 heterocycles. The first-order chi connectivity index (χ1) is 15.9. The van der Waals surface area contributed by atoms with Gasteiger partial charge in [-0.3, -0.25) is 4.79 Å². The van der Waals surface area contributed by atoms with Gasteiger partial charge in [-0.05, 0) is 55.5 Å². The molecule has 1 aliphatic carbocycles. The highest BCUT2D eigenvalue weighted by atomic mass is 16.5. The number of fused-ring (bicyclic) bond motifs is 1. The molecule has 8 heteroatoms. The fourth-order valence-electron chi connectivity index (χ4n) is 4.31. The number of benzene rings is 2. The van der Waals surface area contributed by atoms with Gasteiger partial charge in [0.2, 0.25) is 11.9 Å². The maximum absolute atomic E-state index is 12.7. The van der Waals surface area contributed by atoms with Gasteiger partial charge in [0, 0.05) is 38.0 Å². The van der Waals surface area contributed by atoms with Gasteiger partial charge in [0.1, 0.15) is 5.82 Å². The van der Waals surface area contributed by atoms with Crippen LogP contribution in [0.4, 0.5) is 11.8 Å². The van der Waals surface area contributed by atoms with Crippen molar-refractivity contribution in [2.45, 2.75) is 38.3 Å². The van der Waals surface area contributed by atoms with E-state index in [0.717, 1.165) is 48.0 Å². The lowest BCUT2D eigenvalue weighted by molar-refractivity contribution is -0.126. The van der Waals surface area contributed by atoms with Crippen molar-refractivity contribution in [2.75, 3.05) is 31.4 Å². The number of anilines is 2. The first-order valence-corrected chi connectivity index (χ1v) is 11.3. The van der Waals surface area contributed by atoms with Crippen LogP contribution in [0, 0.1) is 5.92 Å². The second kappa shape index (κ2) is 9.94. The molecule has 33 heavy (non-hydrogen) atoms. The van der Waals surface area contributed by atoms with E-state index in [0.29, 0.717) is 18.2 Å². The zero-order valence-electron chi connectivity index (χ0n) is 19.3. The monoisotopic (exact) mass is 449 g/mol. The number of aromatic hydroxyl groups is 1. The number of hydrogen-bond acceptors (Lipinski definition) is 7. The maximum Gasteiger partial charge on any atom is 0.225 e. The average molecular weight is 450 g/mol. The Bertz CT molecular complexity index is 1130. The molecule has 0 saturated heterocycles. The number of nitrogens with one attached hydrogen (secondary N) is 2. The first kappa shape index (κ1) is 22.6. The quantitative estimate of drug-likeness (QED) is 0.506. The molecule has 0 aliphatic heterocycles. The van der Waals surface area contributed by atoms with Crippen LogP contribution >= 0.6 is 0 Å². The van der Waals surface area contributed by atoms with Crippen molar-refractivity contribution in [3.63, 3.8) is 0 Å². The van der Waals surface area contributed by atoms with E-state index in [4.69, 9.17) is 14.7 Å². The van der Waals surface area contributed by atoms with Gasteiger partial charge in [0.15, 0.2) is 11.5 Å². The molecule has 0 bridgehead atoms. The first-order valence-electron chi connectivity index (χ1n) is 11.3. The minimum absolute atomic E-state index is 0.00285. The van der Waals surface area contributed by atoms with E-state index in [1.165, 1.54) is 7.11 Å². The number of nitrogens with zero attached hydrogens (tertiary/aromatic N) is 3. The molecule has 2 aromatic carbocycles. The van der Waals surface area contributed by atoms with Crippen LogP contribution in [0.1, 0.15) is 31.2 Å². The molecular weight excluding hydrogens is 418 g/mol. The average Bonchev–Trinajstić information content (AvgIpc) is 2.83. The molecule has 3 aromatic rings. The Hall–Kier alpha value is -3.55. The zero-order valence-corrected chi connectivity index (χ0v) is 19.3. The zero-order chi connectivity index (χ0) is 23.4. The highest BCUT2D eigenvalue weighted by Gasteiger charge is 2.27. The topological polar surface area (TPSA) is 99.6 Å². The van der Waals surface area contributed by atoms with Crippen molar-refractivity contribution in [3.05, 3.63) is 48.0 Å². The lowest BCUT2D eigenvalue weighted by Gasteiger charge is -2.28. The fraction of sp³-hybridized carbons (Fsp3) is 0.400. The van der Waals surface area contributed by atoms with Crippen LogP contribution in [0.15, 0.2) is 42.5 Å². The molecular formula is C25H31N5O3. The second-order valence-corrected chi connectivity index (χ2v) is 8.70. The number of phenolic OH excluding ortho intramolecular Hbond substituents is 1. The van der Waals surface area contributed by atoms with Gasteiger partial charge in [-0.1, -0.05) is 18.2 Å². The summed E-state index contributed by atoms with van der Waals surface area (Å²) in [5, 5.41) is 17.2. The van der Waals surface area contributed by atoms with Crippen molar-refractivity contribution in [1.82, 2.24) is 15.3 Å². The molecule has 8 nitrogen and oxygen atoms in total. The summed E-state index contributed by atoms with van der Waals surface area (Å²) >= 11 is 0. The van der Waals surface area contributed by atoms with Crippen molar-refractivity contribution < 1.29 is 14.6 Å². The van der Waals surface area contributed by atoms with Gasteiger partial charge < -0.3 is 25.4 Å². The van der Waals surface area contributed by atoms with Crippen LogP contribution in [0.2, 0.25) is 0 Å². The number of ether oxygens (including phenoxy) is 1. The van der Waals surface area contributed by atoms with E-state index in [1.807, 2.05) is 43.3 Å². The SMILES string of the molecule is COc1cc(CNC(=O)[C@H]2CC[C@@H](Nc3nc(N(C)C)c4ccccc4n3)CC2)ccc1O. The lowest BCUT2D eigenvalue weighted by atomic mass is 9.85. The number of carbonyl (C=O) groups excluding carboxylic acids is 1. The van der Waals surface area contributed by atoms with Gasteiger partial charge in [-0.2, -0.15) is 4.98 Å². The third-order valence-corrected chi connectivity index (χ3v) is 6.15. The van der Waals surface area contributed by atoms with E-state index < -0.39 is 0 Å². The van der Waals surface area contributed by atoms with Crippen molar-refractivity contribution in [1.29, 1.82) is 0 Å². The Labute approximate surface area is 194 Å². The van der Waals surface area contributed by atoms with Crippen LogP contribution in [-0.4, -0.2) is 48.2 Å². The number of methoxy groups -OCH3 is 1. The summed E-state index contributed by atoms with van der Waals surface area (Å²) in [6.07, 6.45) is 3.41. The van der Waals surface area contributed by atoms with Crippen LogP contribution in [0.25, 0.3) is 10.9 Å². The van der Waals surface area contributed by atoms with Crippen LogP contribution < -0.4 is 20.3 Å². The summed E-state index contributed by atoms with van der Waals surface area (Å²) in [7, 11) is 5.47. The smallest absolute Gasteiger partial charge is 0.225 e. The largest absolute Gasteiger partial charge is 0.504 e. The molecule has 1 aromatic heterocycles. The van der Waals surface area contributed by atoms with Crippen LogP contribution in [-0.2, 0) is 11.3 Å². The summed E-state index contributed by atoms with van der Waals surface area (Å²) in [5.41, 5.74) is 1.80. The normalized spacial score (nSPS) is 18.0. The Morgan fingerprint density at radius 2 is 1.88 bits per heavy atom. The molecule has 1 saturated carbocycles. The summed E-state index contributed by atoms with van der Waals surface area (Å²) in [5.74, 6) is 2.08. The van der Waals surface area contributed by atoms with Gasteiger partial charge >= 0.3 is 0 Å². The minimum Gasteiger partial charge on any atom is -0.504 e. The van der Waals surface area contributed by atoms with Crippen molar-refractivity contribution in [3.8, 4) is 11.5 Å². The molecule has 0 radical (unpaired) electrons. The Kier molecular flexibility index (Phi) is 6.82. The fourth-order valence-corrected chi connectivity index (χ4v) is 4.31. The van der Waals surface area contributed by atoms with E-state index >= 15 is 0 Å². The number of amides is 1. The molecule has 0 atom stereocenters. The lowest BCUT2D eigenvalue weighted by Crippen LogP contribution is -2.35. The van der Waals surface area contributed by atoms with Crippen molar-refractivity contribution in [2.24, 2.45) is 5.92 Å². The Balaban J connectivity index is 1.32. The number of para-hydroxylation sites is 1. The van der Waals surface area contributed by atoms with E-state index in [1.54, 1.807) is 18.2 Å². The molecule has 0 spiro atoms. The van der Waals surface area contributed by atoms with Gasteiger partial charge in [-0.15, -0.1) is 0 Å². The highest BCUT2D eigenvalue weighted by Crippen LogP contribution is 2.29. The van der Waals surface area contributed by atoms with Gasteiger partial charge in [0.05, 0.1) is 12.6 Å². The van der Waals surface area contributed by atoms with Gasteiger partial charge in [-0.25, -0.2) is 4.98 Å². The summed E-state index contributed by atoms with van der Waals surface area (Å²) < 4.78 is 5.13. The van der Waals surface area contributed by atoms with Gasteiger partial charge in [0.25, 0.3) is 0 Å². The second-order valence-electron chi connectivity index (χ2n) is 8.70. The number of aromatic nitrogens is 2. The molecule has 0 unspecified atom stereocenters. The van der Waals surface area contributed by atoms with Crippen LogP contribution in [0.3, 0.4) is 0 Å². The number of rotatable bonds is 7. The van der Waals surface area contributed by atoms with E-state index in [9.17, 15) is 9.90 Å². The summed E-state index contributed by atoms with van der Waals surface area (Å²) in [6.45, 7) is 0.409. The number of hydrogen-bond donors (Lipinski definition) is 3. The number of phenols is 1. The van der Waals surface area contributed by atoms with Crippen LogP contribution in [0.5, 0.6) is 11.5 Å².